The number of amides is 1. The average Bonchev–Trinajstić information content (AvgIpc) is 3.54. The highest BCUT2D eigenvalue weighted by Crippen LogP contribution is 2.22. The van der Waals surface area contributed by atoms with Crippen molar-refractivity contribution in [3.05, 3.63) is 84.3 Å². The van der Waals surface area contributed by atoms with Gasteiger partial charge in [-0.1, -0.05) is 12.1 Å². The second kappa shape index (κ2) is 9.34. The van der Waals surface area contributed by atoms with Crippen molar-refractivity contribution in [3.63, 3.8) is 0 Å². The van der Waals surface area contributed by atoms with Crippen molar-refractivity contribution in [2.24, 2.45) is 0 Å². The fourth-order valence-corrected chi connectivity index (χ4v) is 3.82. The number of nitrogens with zero attached hydrogens (tertiary/aromatic N) is 7. The molecule has 2 N–H and O–H groups in total. The maximum Gasteiger partial charge on any atom is 0.257 e. The van der Waals surface area contributed by atoms with Gasteiger partial charge in [-0.05, 0) is 50.1 Å². The van der Waals surface area contributed by atoms with Crippen molar-refractivity contribution in [1.82, 2.24) is 34.3 Å². The smallest absolute Gasteiger partial charge is 0.257 e. The van der Waals surface area contributed by atoms with Crippen LogP contribution in [-0.2, 0) is 6.54 Å². The Hall–Kier alpha value is -4.60. The molecule has 0 spiro atoms. The lowest BCUT2D eigenvalue weighted by Gasteiger charge is -2.16. The van der Waals surface area contributed by atoms with Crippen molar-refractivity contribution in [3.8, 4) is 5.82 Å². The molecule has 10 heteroatoms. The number of nitrogens with one attached hydrogen (secondary N) is 2. The van der Waals surface area contributed by atoms with Crippen LogP contribution in [0.4, 0.5) is 11.5 Å². The van der Waals surface area contributed by atoms with Gasteiger partial charge >= 0.3 is 0 Å². The molecule has 1 amide bonds. The molecular weight excluding hydrogens is 442 g/mol. The van der Waals surface area contributed by atoms with E-state index in [-0.39, 0.29) is 11.9 Å². The zero-order chi connectivity index (χ0) is 24.4. The maximum absolute atomic E-state index is 12.9. The van der Waals surface area contributed by atoms with Crippen molar-refractivity contribution in [2.45, 2.75) is 33.4 Å². The number of aryl methyl sites for hydroxylation is 2. The number of benzene rings is 1. The predicted octanol–water partition coefficient (Wildman–Crippen LogP) is 4.16. The molecule has 1 aromatic carbocycles. The summed E-state index contributed by atoms with van der Waals surface area (Å²) in [5, 5.41) is 10.7. The second-order valence-corrected chi connectivity index (χ2v) is 8.23. The first kappa shape index (κ1) is 22.2. The highest BCUT2D eigenvalue weighted by Gasteiger charge is 2.13. The van der Waals surface area contributed by atoms with Crippen molar-refractivity contribution in [2.75, 3.05) is 10.6 Å². The molecule has 0 aliphatic heterocycles. The van der Waals surface area contributed by atoms with Crippen LogP contribution in [0.2, 0.25) is 0 Å². The predicted molar refractivity (Wildman–Crippen MR) is 134 cm³/mol. The largest absolute Gasteiger partial charge is 0.362 e. The summed E-state index contributed by atoms with van der Waals surface area (Å²) < 4.78 is 3.62. The van der Waals surface area contributed by atoms with Gasteiger partial charge in [0, 0.05) is 30.8 Å². The molecule has 0 radical (unpaired) electrons. The molecule has 0 fully saturated rings. The lowest BCUT2D eigenvalue weighted by Crippen LogP contribution is -2.14. The zero-order valence-corrected chi connectivity index (χ0v) is 19.7. The molecular formula is C25H25N9O. The van der Waals surface area contributed by atoms with Gasteiger partial charge in [-0.3, -0.25) is 14.0 Å². The number of anilines is 2. The number of hydrogen-bond donors (Lipinski definition) is 2. The van der Waals surface area contributed by atoms with Gasteiger partial charge < -0.3 is 10.6 Å². The highest BCUT2D eigenvalue weighted by atomic mass is 16.1. The van der Waals surface area contributed by atoms with Crippen LogP contribution in [0, 0.1) is 6.92 Å². The van der Waals surface area contributed by atoms with Gasteiger partial charge in [-0.2, -0.15) is 5.10 Å². The SMILES string of the molecule is CCn1cc2ncc(N[C@@H](C)c3cccc(NC(=O)c4cnc(-n5ccnc5)c(C)c4)c3)nc2n1. The molecule has 0 unspecified atom stereocenters. The molecule has 0 saturated carbocycles. The molecule has 176 valence electrons. The molecule has 0 aliphatic rings. The molecule has 5 aromatic rings. The van der Waals surface area contributed by atoms with Crippen LogP contribution in [0.25, 0.3) is 17.0 Å². The summed E-state index contributed by atoms with van der Waals surface area (Å²) in [4.78, 5) is 30.4. The van der Waals surface area contributed by atoms with Gasteiger partial charge in [-0.25, -0.2) is 19.9 Å². The fourth-order valence-electron chi connectivity index (χ4n) is 3.82. The van der Waals surface area contributed by atoms with Gasteiger partial charge in [0.15, 0.2) is 0 Å². The quantitative estimate of drug-likeness (QED) is 0.369. The van der Waals surface area contributed by atoms with E-state index in [1.165, 1.54) is 0 Å². The van der Waals surface area contributed by atoms with Gasteiger partial charge in [0.05, 0.1) is 24.0 Å². The first-order chi connectivity index (χ1) is 17.0. The number of imidazole rings is 1. The summed E-state index contributed by atoms with van der Waals surface area (Å²) in [6.45, 7) is 6.73. The monoisotopic (exact) mass is 467 g/mol. The van der Waals surface area contributed by atoms with E-state index in [0.29, 0.717) is 22.7 Å². The lowest BCUT2D eigenvalue weighted by molar-refractivity contribution is 0.102. The fraction of sp³-hybridized carbons (Fsp3) is 0.200. The van der Waals surface area contributed by atoms with Crippen LogP contribution < -0.4 is 10.6 Å². The van der Waals surface area contributed by atoms with E-state index in [9.17, 15) is 4.79 Å². The van der Waals surface area contributed by atoms with Gasteiger partial charge in [-0.15, -0.1) is 0 Å². The van der Waals surface area contributed by atoms with Crippen LogP contribution in [-0.4, -0.2) is 40.2 Å². The Morgan fingerprint density at radius 3 is 2.83 bits per heavy atom. The molecule has 5 rings (SSSR count). The van der Waals surface area contributed by atoms with Gasteiger partial charge in [0.25, 0.3) is 5.91 Å². The molecule has 1 atom stereocenters. The third-order valence-electron chi connectivity index (χ3n) is 5.67. The first-order valence-corrected chi connectivity index (χ1v) is 11.3. The Labute approximate surface area is 202 Å². The molecule has 0 aliphatic carbocycles. The Bertz CT molecular complexity index is 1490. The Balaban J connectivity index is 1.28. The lowest BCUT2D eigenvalue weighted by atomic mass is 10.1. The second-order valence-electron chi connectivity index (χ2n) is 8.23. The van der Waals surface area contributed by atoms with E-state index in [2.05, 4.69) is 35.7 Å². The average molecular weight is 468 g/mol. The van der Waals surface area contributed by atoms with Crippen LogP contribution in [0.3, 0.4) is 0 Å². The van der Waals surface area contributed by atoms with E-state index in [1.54, 1.807) is 24.9 Å². The van der Waals surface area contributed by atoms with E-state index in [4.69, 9.17) is 0 Å². The van der Waals surface area contributed by atoms with E-state index in [1.807, 2.05) is 72.7 Å². The van der Waals surface area contributed by atoms with E-state index < -0.39 is 0 Å². The first-order valence-electron chi connectivity index (χ1n) is 11.3. The number of hydrogen-bond acceptors (Lipinski definition) is 7. The van der Waals surface area contributed by atoms with Crippen LogP contribution in [0.1, 0.15) is 41.4 Å². The third-order valence-corrected chi connectivity index (χ3v) is 5.67. The summed E-state index contributed by atoms with van der Waals surface area (Å²) >= 11 is 0. The standard InChI is InChI=1S/C25H25N9O/c1-4-34-14-21-23(32-34)31-22(13-27-21)29-17(3)18-6-5-7-20(11-18)30-25(35)19-10-16(2)24(28-12-19)33-9-8-26-15-33/h5-15,17H,4H2,1-3H3,(H,30,35)(H,29,31,32)/t17-/m0/s1. The molecule has 10 nitrogen and oxygen atoms in total. The minimum Gasteiger partial charge on any atom is -0.362 e. The molecule has 4 aromatic heterocycles. The summed E-state index contributed by atoms with van der Waals surface area (Å²) in [5.74, 6) is 1.15. The number of pyridine rings is 1. The Kier molecular flexibility index (Phi) is 5.92. The molecule has 0 bridgehead atoms. The minimum absolute atomic E-state index is 0.0646. The Morgan fingerprint density at radius 1 is 1.17 bits per heavy atom. The maximum atomic E-state index is 12.9. The highest BCUT2D eigenvalue weighted by molar-refractivity contribution is 6.04. The van der Waals surface area contributed by atoms with Crippen molar-refractivity contribution < 1.29 is 4.79 Å². The normalized spacial score (nSPS) is 12.0. The topological polar surface area (TPSA) is 115 Å². The van der Waals surface area contributed by atoms with Crippen LogP contribution >= 0.6 is 0 Å². The summed E-state index contributed by atoms with van der Waals surface area (Å²) in [6, 6.07) is 9.46. The number of aromatic nitrogens is 7. The van der Waals surface area contributed by atoms with Crippen molar-refractivity contribution in [1.29, 1.82) is 0 Å². The minimum atomic E-state index is -0.224. The third kappa shape index (κ3) is 4.72. The van der Waals surface area contributed by atoms with Gasteiger partial charge in [0.2, 0.25) is 5.65 Å². The number of carbonyl (C=O) groups is 1. The van der Waals surface area contributed by atoms with Crippen molar-refractivity contribution >= 4 is 28.6 Å². The number of carbonyl (C=O) groups excluding carboxylic acids is 1. The molecule has 4 heterocycles. The molecule has 0 saturated heterocycles. The van der Waals surface area contributed by atoms with Crippen LogP contribution in [0.15, 0.2) is 67.6 Å². The van der Waals surface area contributed by atoms with Gasteiger partial charge in [0.1, 0.15) is 23.5 Å². The van der Waals surface area contributed by atoms with E-state index >= 15 is 0 Å². The summed E-state index contributed by atoms with van der Waals surface area (Å²) in [5.41, 5.74) is 4.42. The number of rotatable bonds is 7. The summed E-state index contributed by atoms with van der Waals surface area (Å²) in [7, 11) is 0. The van der Waals surface area contributed by atoms with E-state index in [0.717, 1.165) is 29.0 Å². The molecule has 35 heavy (non-hydrogen) atoms. The zero-order valence-electron chi connectivity index (χ0n) is 19.7. The van der Waals surface area contributed by atoms with Crippen LogP contribution in [0.5, 0.6) is 0 Å². The number of fused-ring (bicyclic) bond motifs is 1. The summed E-state index contributed by atoms with van der Waals surface area (Å²) in [6.07, 6.45) is 10.3. The Morgan fingerprint density at radius 2 is 2.06 bits per heavy atom.